The van der Waals surface area contributed by atoms with Gasteiger partial charge >= 0.3 is 6.09 Å². The molecule has 1 aliphatic heterocycles. The van der Waals surface area contributed by atoms with Crippen LogP contribution >= 0.6 is 0 Å². The molecule has 0 aromatic heterocycles. The molecule has 1 amide bonds. The van der Waals surface area contributed by atoms with Crippen molar-refractivity contribution in [3.8, 4) is 0 Å². The van der Waals surface area contributed by atoms with Gasteiger partial charge in [0.05, 0.1) is 0 Å². The summed E-state index contributed by atoms with van der Waals surface area (Å²) in [6.45, 7) is 7.27. The number of benzene rings is 2. The van der Waals surface area contributed by atoms with Gasteiger partial charge in [0.15, 0.2) is 6.10 Å². The maximum atomic E-state index is 12.8. The van der Waals surface area contributed by atoms with Crippen LogP contribution in [0, 0.1) is 5.92 Å². The number of ether oxygens (including phenoxy) is 1. The van der Waals surface area contributed by atoms with Crippen molar-refractivity contribution in [3.63, 3.8) is 0 Å². The predicted molar refractivity (Wildman–Crippen MR) is 114 cm³/mol. The van der Waals surface area contributed by atoms with Gasteiger partial charge in [-0.05, 0) is 50.2 Å². The topological polar surface area (TPSA) is 29.5 Å². The molecule has 2 aromatic carbocycles. The zero-order valence-electron chi connectivity index (χ0n) is 17.2. The first-order chi connectivity index (χ1) is 13.6. The third kappa shape index (κ3) is 5.03. The Kier molecular flexibility index (Phi) is 6.91. The molecule has 0 aliphatic carbocycles. The highest BCUT2D eigenvalue weighted by molar-refractivity contribution is 5.71. The van der Waals surface area contributed by atoms with Crippen LogP contribution in [0.2, 0.25) is 0 Å². The zero-order valence-corrected chi connectivity index (χ0v) is 17.2. The quantitative estimate of drug-likeness (QED) is 0.479. The van der Waals surface area contributed by atoms with Gasteiger partial charge in [-0.3, -0.25) is 4.90 Å². The summed E-state index contributed by atoms with van der Waals surface area (Å²) in [5.41, 5.74) is 3.54. The second kappa shape index (κ2) is 9.59. The lowest BCUT2D eigenvalue weighted by Gasteiger charge is -2.26. The zero-order chi connectivity index (χ0) is 19.9. The van der Waals surface area contributed by atoms with Crippen molar-refractivity contribution < 1.29 is 9.53 Å². The van der Waals surface area contributed by atoms with E-state index >= 15 is 0 Å². The van der Waals surface area contributed by atoms with Crippen molar-refractivity contribution in [1.82, 2.24) is 4.90 Å². The number of carbonyl (C=O) groups is 1. The summed E-state index contributed by atoms with van der Waals surface area (Å²) in [7, 11) is 0. The highest BCUT2D eigenvalue weighted by Gasteiger charge is 2.43. The first-order valence-corrected chi connectivity index (χ1v) is 10.3. The van der Waals surface area contributed by atoms with Crippen molar-refractivity contribution in [2.45, 2.75) is 52.2 Å². The Morgan fingerprint density at radius 1 is 1.00 bits per heavy atom. The van der Waals surface area contributed by atoms with E-state index in [-0.39, 0.29) is 18.2 Å². The number of cyclic esters (lactones) is 1. The number of hydrogen-bond donors (Lipinski definition) is 0. The average molecular weight is 378 g/mol. The summed E-state index contributed by atoms with van der Waals surface area (Å²) in [4.78, 5) is 14.7. The van der Waals surface area contributed by atoms with E-state index in [1.165, 1.54) is 5.57 Å². The van der Waals surface area contributed by atoms with E-state index in [0.29, 0.717) is 5.92 Å². The van der Waals surface area contributed by atoms with Gasteiger partial charge in [0.2, 0.25) is 0 Å². The van der Waals surface area contributed by atoms with Crippen LogP contribution in [0.4, 0.5) is 4.79 Å². The molecular formula is C25H31NO2. The van der Waals surface area contributed by atoms with E-state index in [1.54, 1.807) is 0 Å². The molecule has 3 rings (SSSR count). The fraction of sp³-hybridized carbons (Fsp3) is 0.400. The van der Waals surface area contributed by atoms with Crippen LogP contribution in [-0.2, 0) is 4.74 Å². The van der Waals surface area contributed by atoms with Gasteiger partial charge in [-0.25, -0.2) is 4.79 Å². The maximum Gasteiger partial charge on any atom is 0.411 e. The lowest BCUT2D eigenvalue weighted by Crippen LogP contribution is -2.30. The third-order valence-electron chi connectivity index (χ3n) is 5.43. The SMILES string of the molecule is CC(C)=CCCC(C)CCN1C(=O)O[C@@H](c2ccccc2)[C@@H]1c1ccccc1. The number of carbonyl (C=O) groups excluding carboxylic acids is 1. The smallest absolute Gasteiger partial charge is 0.411 e. The summed E-state index contributed by atoms with van der Waals surface area (Å²) < 4.78 is 5.85. The number of nitrogens with zero attached hydrogens (tertiary/aromatic N) is 1. The van der Waals surface area contributed by atoms with Crippen LogP contribution in [-0.4, -0.2) is 17.5 Å². The van der Waals surface area contributed by atoms with Crippen molar-refractivity contribution >= 4 is 6.09 Å². The largest absolute Gasteiger partial charge is 0.439 e. The molecule has 1 aliphatic rings. The predicted octanol–water partition coefficient (Wildman–Crippen LogP) is 6.69. The molecule has 3 nitrogen and oxygen atoms in total. The first-order valence-electron chi connectivity index (χ1n) is 10.3. The minimum atomic E-state index is -0.267. The van der Waals surface area contributed by atoms with Crippen LogP contribution < -0.4 is 0 Å². The molecule has 0 bridgehead atoms. The van der Waals surface area contributed by atoms with E-state index in [1.807, 2.05) is 53.4 Å². The summed E-state index contributed by atoms with van der Waals surface area (Å²) in [5.74, 6) is 0.565. The second-order valence-corrected chi connectivity index (χ2v) is 8.02. The summed E-state index contributed by atoms with van der Waals surface area (Å²) in [5, 5.41) is 0. The Morgan fingerprint density at radius 2 is 1.61 bits per heavy atom. The Balaban J connectivity index is 1.75. The van der Waals surface area contributed by atoms with Crippen LogP contribution in [0.25, 0.3) is 0 Å². The van der Waals surface area contributed by atoms with Gasteiger partial charge in [-0.2, -0.15) is 0 Å². The number of rotatable bonds is 8. The van der Waals surface area contributed by atoms with Gasteiger partial charge in [0.25, 0.3) is 0 Å². The molecule has 1 unspecified atom stereocenters. The molecule has 1 heterocycles. The highest BCUT2D eigenvalue weighted by Crippen LogP contribution is 2.43. The molecule has 2 aromatic rings. The van der Waals surface area contributed by atoms with Crippen LogP contribution in [0.15, 0.2) is 72.3 Å². The lowest BCUT2D eigenvalue weighted by atomic mass is 9.94. The van der Waals surface area contributed by atoms with Gasteiger partial charge < -0.3 is 4.74 Å². The van der Waals surface area contributed by atoms with Gasteiger partial charge in [-0.1, -0.05) is 79.2 Å². The van der Waals surface area contributed by atoms with E-state index in [9.17, 15) is 4.79 Å². The molecule has 1 saturated heterocycles. The van der Waals surface area contributed by atoms with E-state index in [0.717, 1.165) is 36.9 Å². The van der Waals surface area contributed by atoms with E-state index in [4.69, 9.17) is 4.74 Å². The summed E-state index contributed by atoms with van der Waals surface area (Å²) >= 11 is 0. The summed E-state index contributed by atoms with van der Waals surface area (Å²) in [6, 6.07) is 20.2. The number of amides is 1. The molecule has 0 saturated carbocycles. The molecule has 148 valence electrons. The van der Waals surface area contributed by atoms with Crippen molar-refractivity contribution in [2.24, 2.45) is 5.92 Å². The molecule has 1 fully saturated rings. The van der Waals surface area contributed by atoms with Gasteiger partial charge in [0.1, 0.15) is 6.04 Å². The molecule has 0 radical (unpaired) electrons. The van der Waals surface area contributed by atoms with Crippen molar-refractivity contribution in [1.29, 1.82) is 0 Å². The van der Waals surface area contributed by atoms with E-state index < -0.39 is 0 Å². The fourth-order valence-electron chi connectivity index (χ4n) is 3.81. The molecular weight excluding hydrogens is 346 g/mol. The number of hydrogen-bond acceptors (Lipinski definition) is 2. The standard InChI is InChI=1S/C25H31NO2/c1-19(2)11-10-12-20(3)17-18-26-23(21-13-6-4-7-14-21)24(28-25(26)27)22-15-8-5-9-16-22/h4-9,11,13-16,20,23-24H,10,12,17-18H2,1-3H3/t20?,23-,24-/m0/s1. The Labute approximate surface area is 169 Å². The lowest BCUT2D eigenvalue weighted by molar-refractivity contribution is 0.129. The van der Waals surface area contributed by atoms with E-state index in [2.05, 4.69) is 39.0 Å². The Hall–Kier alpha value is -2.55. The Bertz CT molecular complexity index is 781. The monoisotopic (exact) mass is 377 g/mol. The highest BCUT2D eigenvalue weighted by atomic mass is 16.6. The second-order valence-electron chi connectivity index (χ2n) is 8.02. The average Bonchev–Trinajstić information content (AvgIpc) is 3.03. The normalized spacial score (nSPS) is 20.0. The van der Waals surface area contributed by atoms with Crippen molar-refractivity contribution in [3.05, 3.63) is 83.4 Å². The third-order valence-corrected chi connectivity index (χ3v) is 5.43. The van der Waals surface area contributed by atoms with Gasteiger partial charge in [0, 0.05) is 6.54 Å². The Morgan fingerprint density at radius 3 is 2.21 bits per heavy atom. The first kappa shape index (κ1) is 20.2. The van der Waals surface area contributed by atoms with Crippen LogP contribution in [0.3, 0.4) is 0 Å². The fourth-order valence-corrected chi connectivity index (χ4v) is 3.81. The minimum absolute atomic E-state index is 0.0823. The van der Waals surface area contributed by atoms with Crippen LogP contribution in [0.1, 0.15) is 63.3 Å². The minimum Gasteiger partial charge on any atom is -0.439 e. The molecule has 3 atom stereocenters. The summed E-state index contributed by atoms with van der Waals surface area (Å²) in [6.07, 6.45) is 5.04. The van der Waals surface area contributed by atoms with Crippen LogP contribution in [0.5, 0.6) is 0 Å². The molecule has 3 heteroatoms. The van der Waals surface area contributed by atoms with Gasteiger partial charge in [-0.15, -0.1) is 0 Å². The molecule has 0 spiro atoms. The number of allylic oxidation sites excluding steroid dienone is 2. The molecule has 0 N–H and O–H groups in total. The van der Waals surface area contributed by atoms with Crippen molar-refractivity contribution in [2.75, 3.05) is 6.54 Å². The maximum absolute atomic E-state index is 12.8. The molecule has 28 heavy (non-hydrogen) atoms.